The molecule has 0 saturated heterocycles. The van der Waals surface area contributed by atoms with Crippen molar-refractivity contribution in [3.05, 3.63) is 42.5 Å². The molecule has 0 aliphatic rings. The highest BCUT2D eigenvalue weighted by atomic mass is 79.9. The van der Waals surface area contributed by atoms with Gasteiger partial charge in [0.25, 0.3) is 0 Å². The molecule has 0 fully saturated rings. The average molecular weight is 253 g/mol. The lowest BCUT2D eigenvalue weighted by Gasteiger charge is -2.06. The highest BCUT2D eigenvalue weighted by molar-refractivity contribution is 9.09. The van der Waals surface area contributed by atoms with E-state index in [1.807, 2.05) is 24.3 Å². The molecule has 0 unspecified atom stereocenters. The summed E-state index contributed by atoms with van der Waals surface area (Å²) in [6, 6.07) is 5.88. The Balaban J connectivity index is 2.89. The van der Waals surface area contributed by atoms with Crippen LogP contribution in [0.5, 0.6) is 5.75 Å². The molecular formula is C12H13BrO. The Morgan fingerprint density at radius 1 is 1.21 bits per heavy atom. The van der Waals surface area contributed by atoms with Gasteiger partial charge < -0.3 is 4.74 Å². The molecule has 0 spiro atoms. The van der Waals surface area contributed by atoms with Gasteiger partial charge in [0.05, 0.1) is 6.61 Å². The van der Waals surface area contributed by atoms with E-state index in [-0.39, 0.29) is 0 Å². The van der Waals surface area contributed by atoms with Crippen molar-refractivity contribution in [2.75, 3.05) is 11.9 Å². The summed E-state index contributed by atoms with van der Waals surface area (Å²) in [6.45, 7) is 8.15. The van der Waals surface area contributed by atoms with Gasteiger partial charge in [-0.25, -0.2) is 0 Å². The Labute approximate surface area is 93.2 Å². The van der Waals surface area contributed by atoms with Crippen LogP contribution in [0.1, 0.15) is 11.1 Å². The summed E-state index contributed by atoms with van der Waals surface area (Å²) in [4.78, 5) is 0. The van der Waals surface area contributed by atoms with Crippen LogP contribution in [-0.2, 0) is 0 Å². The number of halogens is 1. The van der Waals surface area contributed by atoms with Gasteiger partial charge in [0.15, 0.2) is 0 Å². The van der Waals surface area contributed by atoms with Crippen molar-refractivity contribution < 1.29 is 4.74 Å². The van der Waals surface area contributed by atoms with Gasteiger partial charge in [-0.15, -0.1) is 0 Å². The van der Waals surface area contributed by atoms with Crippen LogP contribution in [0.4, 0.5) is 0 Å². The van der Waals surface area contributed by atoms with E-state index in [0.29, 0.717) is 6.61 Å². The molecule has 0 N–H and O–H groups in total. The molecule has 0 heterocycles. The monoisotopic (exact) mass is 252 g/mol. The Kier molecular flexibility index (Phi) is 4.47. The molecule has 0 atom stereocenters. The summed E-state index contributed by atoms with van der Waals surface area (Å²) in [5, 5.41) is 0.833. The zero-order valence-electron chi connectivity index (χ0n) is 8.00. The van der Waals surface area contributed by atoms with E-state index in [1.54, 1.807) is 6.08 Å². The quantitative estimate of drug-likeness (QED) is 0.726. The van der Waals surface area contributed by atoms with E-state index in [1.165, 1.54) is 0 Å². The summed E-state index contributed by atoms with van der Waals surface area (Å²) in [5.41, 5.74) is 2.12. The van der Waals surface area contributed by atoms with Gasteiger partial charge in [-0.2, -0.15) is 0 Å². The third kappa shape index (κ3) is 2.74. The SMILES string of the molecule is C=Cc1ccc(OCCBr)cc1C=C. The van der Waals surface area contributed by atoms with Crippen LogP contribution < -0.4 is 4.74 Å². The highest BCUT2D eigenvalue weighted by Crippen LogP contribution is 2.19. The molecule has 0 aliphatic carbocycles. The molecule has 0 radical (unpaired) electrons. The molecule has 0 aliphatic heterocycles. The second-order valence-corrected chi connectivity index (χ2v) is 3.53. The molecule has 0 bridgehead atoms. The van der Waals surface area contributed by atoms with E-state index in [9.17, 15) is 0 Å². The summed E-state index contributed by atoms with van der Waals surface area (Å²) in [7, 11) is 0. The molecule has 1 nitrogen and oxygen atoms in total. The number of benzene rings is 1. The van der Waals surface area contributed by atoms with Crippen LogP contribution in [0.15, 0.2) is 31.4 Å². The molecule has 74 valence electrons. The van der Waals surface area contributed by atoms with Crippen LogP contribution in [0.3, 0.4) is 0 Å². The van der Waals surface area contributed by atoms with Gasteiger partial charge in [0, 0.05) is 5.33 Å². The average Bonchev–Trinajstić information content (AvgIpc) is 2.25. The van der Waals surface area contributed by atoms with Crippen molar-refractivity contribution >= 4 is 28.1 Å². The van der Waals surface area contributed by atoms with E-state index in [2.05, 4.69) is 29.1 Å². The minimum Gasteiger partial charge on any atom is -0.493 e. The zero-order valence-corrected chi connectivity index (χ0v) is 9.59. The predicted molar refractivity (Wildman–Crippen MR) is 65.9 cm³/mol. The maximum absolute atomic E-state index is 5.47. The molecule has 0 amide bonds. The lowest BCUT2D eigenvalue weighted by Crippen LogP contribution is -1.98. The van der Waals surface area contributed by atoms with Crippen molar-refractivity contribution in [2.24, 2.45) is 0 Å². The van der Waals surface area contributed by atoms with E-state index in [0.717, 1.165) is 22.2 Å². The zero-order chi connectivity index (χ0) is 10.4. The van der Waals surface area contributed by atoms with Gasteiger partial charge in [-0.1, -0.05) is 47.3 Å². The molecule has 14 heavy (non-hydrogen) atoms. The van der Waals surface area contributed by atoms with Crippen LogP contribution in [-0.4, -0.2) is 11.9 Å². The number of ether oxygens (including phenoxy) is 1. The first kappa shape index (κ1) is 11.1. The fraction of sp³-hybridized carbons (Fsp3) is 0.167. The van der Waals surface area contributed by atoms with Crippen molar-refractivity contribution in [2.45, 2.75) is 0 Å². The topological polar surface area (TPSA) is 9.23 Å². The number of hydrogen-bond acceptors (Lipinski definition) is 1. The number of alkyl halides is 1. The van der Waals surface area contributed by atoms with E-state index >= 15 is 0 Å². The summed E-state index contributed by atoms with van der Waals surface area (Å²) < 4.78 is 5.47. The van der Waals surface area contributed by atoms with Crippen molar-refractivity contribution in [3.63, 3.8) is 0 Å². The van der Waals surface area contributed by atoms with Crippen molar-refractivity contribution in [3.8, 4) is 5.75 Å². The smallest absolute Gasteiger partial charge is 0.119 e. The first-order chi connectivity index (χ1) is 6.81. The standard InChI is InChI=1S/C12H13BrO/c1-3-10-5-6-12(14-8-7-13)9-11(10)4-2/h3-6,9H,1-2,7-8H2. The van der Waals surface area contributed by atoms with Gasteiger partial charge in [0.1, 0.15) is 5.75 Å². The third-order valence-corrected chi connectivity index (χ3v) is 2.17. The molecule has 0 saturated carbocycles. The predicted octanol–water partition coefficient (Wildman–Crippen LogP) is 3.75. The number of hydrogen-bond donors (Lipinski definition) is 0. The van der Waals surface area contributed by atoms with Gasteiger partial charge in [-0.05, 0) is 23.3 Å². The van der Waals surface area contributed by atoms with Gasteiger partial charge in [-0.3, -0.25) is 0 Å². The lowest BCUT2D eigenvalue weighted by molar-refractivity contribution is 0.345. The Bertz CT molecular complexity index is 331. The Morgan fingerprint density at radius 3 is 2.50 bits per heavy atom. The van der Waals surface area contributed by atoms with Crippen LogP contribution in [0.2, 0.25) is 0 Å². The van der Waals surface area contributed by atoms with Crippen LogP contribution in [0.25, 0.3) is 12.2 Å². The fourth-order valence-electron chi connectivity index (χ4n) is 1.16. The summed E-state index contributed by atoms with van der Waals surface area (Å²) in [5.74, 6) is 0.866. The molecule has 0 aromatic heterocycles. The maximum atomic E-state index is 5.47. The van der Waals surface area contributed by atoms with E-state index < -0.39 is 0 Å². The van der Waals surface area contributed by atoms with E-state index in [4.69, 9.17) is 4.74 Å². The minimum absolute atomic E-state index is 0.671. The molecule has 1 rings (SSSR count). The fourth-order valence-corrected chi connectivity index (χ4v) is 1.32. The van der Waals surface area contributed by atoms with Crippen LogP contribution in [0, 0.1) is 0 Å². The highest BCUT2D eigenvalue weighted by Gasteiger charge is 1.98. The Hall–Kier alpha value is -1.02. The maximum Gasteiger partial charge on any atom is 0.119 e. The summed E-state index contributed by atoms with van der Waals surface area (Å²) >= 11 is 3.31. The normalized spacial score (nSPS) is 9.50. The molecule has 1 aromatic rings. The van der Waals surface area contributed by atoms with Crippen LogP contribution >= 0.6 is 15.9 Å². The summed E-state index contributed by atoms with van der Waals surface area (Å²) in [6.07, 6.45) is 3.61. The first-order valence-electron chi connectivity index (χ1n) is 4.39. The van der Waals surface area contributed by atoms with Crippen molar-refractivity contribution in [1.82, 2.24) is 0 Å². The Morgan fingerprint density at radius 2 is 1.93 bits per heavy atom. The molecular weight excluding hydrogens is 240 g/mol. The number of rotatable bonds is 5. The molecule has 1 aromatic carbocycles. The first-order valence-corrected chi connectivity index (χ1v) is 5.51. The van der Waals surface area contributed by atoms with Gasteiger partial charge in [0.2, 0.25) is 0 Å². The minimum atomic E-state index is 0.671. The lowest BCUT2D eigenvalue weighted by atomic mass is 10.1. The second kappa shape index (κ2) is 5.66. The largest absolute Gasteiger partial charge is 0.493 e. The van der Waals surface area contributed by atoms with Gasteiger partial charge >= 0.3 is 0 Å². The second-order valence-electron chi connectivity index (χ2n) is 2.74. The molecule has 2 heteroatoms. The van der Waals surface area contributed by atoms with Crippen molar-refractivity contribution in [1.29, 1.82) is 0 Å². The third-order valence-electron chi connectivity index (χ3n) is 1.84.